The molecule has 0 saturated carbocycles. The Morgan fingerprint density at radius 1 is 0.861 bits per heavy atom. The van der Waals surface area contributed by atoms with Gasteiger partial charge in [0.05, 0.1) is 6.04 Å². The molecular formula is C29H40N4O3. The Morgan fingerprint density at radius 2 is 1.47 bits per heavy atom. The predicted octanol–water partition coefficient (Wildman–Crippen LogP) is 4.09. The number of benzene rings is 1. The van der Waals surface area contributed by atoms with Crippen LogP contribution in [0.4, 0.5) is 0 Å². The normalized spacial score (nSPS) is 17.7. The Bertz CT molecular complexity index is 1080. The van der Waals surface area contributed by atoms with E-state index in [4.69, 9.17) is 0 Å². The van der Waals surface area contributed by atoms with Crippen LogP contribution in [0.5, 0.6) is 0 Å². The number of hydrogen-bond donors (Lipinski definition) is 1. The van der Waals surface area contributed by atoms with Gasteiger partial charge in [-0.3, -0.25) is 19.3 Å². The van der Waals surface area contributed by atoms with E-state index in [0.717, 1.165) is 50.8 Å². The number of likely N-dealkylation sites (tertiary alicyclic amines) is 2. The number of rotatable bonds is 8. The van der Waals surface area contributed by atoms with Crippen LogP contribution in [0.25, 0.3) is 0 Å². The van der Waals surface area contributed by atoms with Crippen molar-refractivity contribution in [3.05, 3.63) is 69.6 Å². The highest BCUT2D eigenvalue weighted by atomic mass is 16.2. The van der Waals surface area contributed by atoms with Gasteiger partial charge < -0.3 is 14.8 Å². The molecule has 2 aliphatic heterocycles. The topological polar surface area (TPSA) is 74.6 Å². The summed E-state index contributed by atoms with van der Waals surface area (Å²) in [5.74, 6) is -0.367. The predicted molar refractivity (Wildman–Crippen MR) is 142 cm³/mol. The first-order valence-electron chi connectivity index (χ1n) is 13.5. The first-order chi connectivity index (χ1) is 17.4. The van der Waals surface area contributed by atoms with Crippen LogP contribution >= 0.6 is 0 Å². The minimum absolute atomic E-state index is 0.0453. The molecule has 194 valence electrons. The molecular weight excluding hydrogens is 452 g/mol. The van der Waals surface area contributed by atoms with Crippen molar-refractivity contribution in [2.75, 3.05) is 32.7 Å². The van der Waals surface area contributed by atoms with Crippen molar-refractivity contribution < 1.29 is 9.59 Å². The first-order valence-corrected chi connectivity index (χ1v) is 13.5. The fourth-order valence-electron chi connectivity index (χ4n) is 5.39. The monoisotopic (exact) mass is 492 g/mol. The van der Waals surface area contributed by atoms with Gasteiger partial charge in [0.15, 0.2) is 0 Å². The number of nitrogens with zero attached hydrogens (tertiary/aromatic N) is 3. The summed E-state index contributed by atoms with van der Waals surface area (Å²) in [5, 5.41) is 3.04. The smallest absolute Gasteiger partial charge is 0.259 e. The standard InChI is InChI=1S/C29H40N4O3/c1-22(2)19-31-20-24(27(34)25(21-31)29(36)33-16-10-5-11-17-33)28(35)30-18-26(23-12-6-3-7-13-23)32-14-8-4-9-15-32/h3,6-7,12-13,20-22,26H,4-5,8-11,14-19H2,1-2H3,(H,30,35)/t26-/m0/s1. The Morgan fingerprint density at radius 3 is 2.11 bits per heavy atom. The van der Waals surface area contributed by atoms with Crippen molar-refractivity contribution in [2.45, 2.75) is 65.0 Å². The summed E-state index contributed by atoms with van der Waals surface area (Å²) in [6.45, 7) is 8.51. The van der Waals surface area contributed by atoms with Crippen molar-refractivity contribution in [2.24, 2.45) is 5.92 Å². The molecule has 7 nitrogen and oxygen atoms in total. The average molecular weight is 493 g/mol. The first kappa shape index (κ1) is 26.1. The maximum absolute atomic E-state index is 13.4. The van der Waals surface area contributed by atoms with Gasteiger partial charge in [-0.2, -0.15) is 0 Å². The van der Waals surface area contributed by atoms with Crippen LogP contribution in [-0.2, 0) is 6.54 Å². The molecule has 2 saturated heterocycles. The lowest BCUT2D eigenvalue weighted by atomic mass is 10.0. The second kappa shape index (κ2) is 12.3. The molecule has 0 radical (unpaired) electrons. The Hall–Kier alpha value is -2.93. The molecule has 1 aromatic heterocycles. The molecule has 0 spiro atoms. The largest absolute Gasteiger partial charge is 0.352 e. The average Bonchev–Trinajstić information content (AvgIpc) is 2.90. The van der Waals surface area contributed by atoms with E-state index in [2.05, 4.69) is 36.2 Å². The summed E-state index contributed by atoms with van der Waals surface area (Å²) in [6, 6.07) is 10.3. The van der Waals surface area contributed by atoms with Crippen LogP contribution in [0.1, 0.15) is 84.7 Å². The van der Waals surface area contributed by atoms with Crippen LogP contribution in [-0.4, -0.2) is 58.9 Å². The third-order valence-corrected chi connectivity index (χ3v) is 7.25. The van der Waals surface area contributed by atoms with E-state index in [1.165, 1.54) is 6.42 Å². The fraction of sp³-hybridized carbons (Fsp3) is 0.552. The minimum Gasteiger partial charge on any atom is -0.352 e. The number of hydrogen-bond acceptors (Lipinski definition) is 4. The molecule has 2 aromatic rings. The van der Waals surface area contributed by atoms with Crippen molar-refractivity contribution in [3.63, 3.8) is 0 Å². The van der Waals surface area contributed by atoms with E-state index in [0.29, 0.717) is 32.1 Å². The number of piperidine rings is 2. The van der Waals surface area contributed by atoms with E-state index in [-0.39, 0.29) is 23.1 Å². The molecule has 4 rings (SSSR count). The molecule has 7 heteroatoms. The summed E-state index contributed by atoms with van der Waals surface area (Å²) in [7, 11) is 0. The molecule has 1 N–H and O–H groups in total. The fourth-order valence-corrected chi connectivity index (χ4v) is 5.39. The number of nitrogens with one attached hydrogen (secondary N) is 1. The lowest BCUT2D eigenvalue weighted by Gasteiger charge is -2.35. The van der Waals surface area contributed by atoms with Gasteiger partial charge in [0.2, 0.25) is 5.43 Å². The molecule has 1 aromatic carbocycles. The Kier molecular flexibility index (Phi) is 8.97. The van der Waals surface area contributed by atoms with E-state index in [1.54, 1.807) is 17.3 Å². The van der Waals surface area contributed by atoms with E-state index in [9.17, 15) is 14.4 Å². The van der Waals surface area contributed by atoms with Crippen molar-refractivity contribution in [1.82, 2.24) is 19.7 Å². The highest BCUT2D eigenvalue weighted by Gasteiger charge is 2.26. The minimum atomic E-state index is -0.475. The second-order valence-corrected chi connectivity index (χ2v) is 10.6. The lowest BCUT2D eigenvalue weighted by molar-refractivity contribution is 0.0722. The van der Waals surface area contributed by atoms with Gasteiger partial charge in [-0.05, 0) is 56.7 Å². The van der Waals surface area contributed by atoms with E-state index >= 15 is 0 Å². The third kappa shape index (κ3) is 6.44. The van der Waals surface area contributed by atoms with Gasteiger partial charge in [0.25, 0.3) is 11.8 Å². The molecule has 36 heavy (non-hydrogen) atoms. The van der Waals surface area contributed by atoms with Gasteiger partial charge in [-0.15, -0.1) is 0 Å². The van der Waals surface area contributed by atoms with Crippen molar-refractivity contribution in [3.8, 4) is 0 Å². The highest BCUT2D eigenvalue weighted by Crippen LogP contribution is 2.24. The molecule has 0 aliphatic carbocycles. The number of amides is 2. The zero-order chi connectivity index (χ0) is 25.5. The Labute approximate surface area is 214 Å². The maximum atomic E-state index is 13.4. The third-order valence-electron chi connectivity index (χ3n) is 7.25. The molecule has 2 fully saturated rings. The molecule has 2 amide bonds. The van der Waals surface area contributed by atoms with Crippen LogP contribution in [0.3, 0.4) is 0 Å². The van der Waals surface area contributed by atoms with Gasteiger partial charge in [-0.1, -0.05) is 50.6 Å². The summed E-state index contributed by atoms with van der Waals surface area (Å²) in [5.41, 5.74) is 0.827. The summed E-state index contributed by atoms with van der Waals surface area (Å²) in [6.07, 6.45) is 9.78. The molecule has 2 aliphatic rings. The van der Waals surface area contributed by atoms with Gasteiger partial charge in [-0.25, -0.2) is 0 Å². The summed E-state index contributed by atoms with van der Waals surface area (Å²) < 4.78 is 1.83. The van der Waals surface area contributed by atoms with Gasteiger partial charge in [0, 0.05) is 38.6 Å². The van der Waals surface area contributed by atoms with Crippen LogP contribution in [0, 0.1) is 5.92 Å². The van der Waals surface area contributed by atoms with Crippen molar-refractivity contribution in [1.29, 1.82) is 0 Å². The number of pyridine rings is 1. The van der Waals surface area contributed by atoms with E-state index < -0.39 is 11.3 Å². The molecule has 3 heterocycles. The van der Waals surface area contributed by atoms with E-state index in [1.807, 2.05) is 22.8 Å². The van der Waals surface area contributed by atoms with Gasteiger partial charge in [0.1, 0.15) is 11.1 Å². The van der Waals surface area contributed by atoms with Crippen LogP contribution < -0.4 is 10.7 Å². The van der Waals surface area contributed by atoms with Crippen LogP contribution in [0.15, 0.2) is 47.5 Å². The Balaban J connectivity index is 1.58. The summed E-state index contributed by atoms with van der Waals surface area (Å²) in [4.78, 5) is 44.3. The molecule has 0 bridgehead atoms. The second-order valence-electron chi connectivity index (χ2n) is 10.6. The van der Waals surface area contributed by atoms with Crippen LogP contribution in [0.2, 0.25) is 0 Å². The highest BCUT2D eigenvalue weighted by molar-refractivity contribution is 5.99. The number of carbonyl (C=O) groups is 2. The van der Waals surface area contributed by atoms with Gasteiger partial charge >= 0.3 is 0 Å². The van der Waals surface area contributed by atoms with Crippen molar-refractivity contribution >= 4 is 11.8 Å². The summed E-state index contributed by atoms with van der Waals surface area (Å²) >= 11 is 0. The molecule has 0 unspecified atom stereocenters. The SMILES string of the molecule is CC(C)Cn1cc(C(=O)NC[C@@H](c2ccccc2)N2CCCCC2)c(=O)c(C(=O)N2CCCCC2)c1. The maximum Gasteiger partial charge on any atom is 0.259 e. The number of aromatic nitrogens is 1. The zero-order valence-electron chi connectivity index (χ0n) is 21.7. The quantitative estimate of drug-likeness (QED) is 0.602. The lowest BCUT2D eigenvalue weighted by Crippen LogP contribution is -2.43. The molecule has 1 atom stereocenters. The zero-order valence-corrected chi connectivity index (χ0v) is 21.7. The number of carbonyl (C=O) groups excluding carboxylic acids is 2.